The molecule has 32 heavy (non-hydrogen) atoms. The Morgan fingerprint density at radius 1 is 1.06 bits per heavy atom. The number of hydrogen-bond acceptors (Lipinski definition) is 7. The Morgan fingerprint density at radius 2 is 1.84 bits per heavy atom. The van der Waals surface area contributed by atoms with E-state index in [2.05, 4.69) is 10.4 Å². The van der Waals surface area contributed by atoms with Gasteiger partial charge in [0.05, 0.1) is 31.3 Å². The number of amides is 1. The molecule has 0 atom stereocenters. The number of thiophene rings is 1. The Hall–Kier alpha value is -3.85. The molecule has 4 rings (SSSR count). The predicted octanol–water partition coefficient (Wildman–Crippen LogP) is 4.21. The average Bonchev–Trinajstić information content (AvgIpc) is 3.38. The number of benzene rings is 2. The minimum absolute atomic E-state index is 0.400. The van der Waals surface area contributed by atoms with Crippen LogP contribution in [0, 0.1) is 6.92 Å². The van der Waals surface area contributed by atoms with Crippen LogP contribution in [0.25, 0.3) is 15.9 Å². The molecule has 9 heteroatoms. The lowest BCUT2D eigenvalue weighted by Crippen LogP contribution is -2.21. The standard InChI is InChI=1S/C23H21N3O5S/c1-14-17-12-20(32-22(17)26(25-14)15-7-5-4-6-8-15)23(28)31-13-21(27)24-18-11-16(29-2)9-10-19(18)30-3/h4-12H,13H2,1-3H3,(H,24,27). The van der Waals surface area contributed by atoms with E-state index < -0.39 is 18.5 Å². The maximum absolute atomic E-state index is 12.6. The highest BCUT2D eigenvalue weighted by atomic mass is 32.1. The largest absolute Gasteiger partial charge is 0.497 e. The molecule has 2 aromatic heterocycles. The van der Waals surface area contributed by atoms with Gasteiger partial charge >= 0.3 is 5.97 Å². The maximum atomic E-state index is 12.6. The lowest BCUT2D eigenvalue weighted by atomic mass is 10.2. The summed E-state index contributed by atoms with van der Waals surface area (Å²) >= 11 is 1.27. The molecule has 0 saturated heterocycles. The summed E-state index contributed by atoms with van der Waals surface area (Å²) < 4.78 is 17.4. The second kappa shape index (κ2) is 9.11. The molecule has 0 aliphatic carbocycles. The number of para-hydroxylation sites is 1. The molecule has 164 valence electrons. The smallest absolute Gasteiger partial charge is 0.348 e. The molecule has 0 fully saturated rings. The number of nitrogens with one attached hydrogen (secondary N) is 1. The number of rotatable bonds is 7. The van der Waals surface area contributed by atoms with Gasteiger partial charge in [-0.25, -0.2) is 9.48 Å². The van der Waals surface area contributed by atoms with Crippen molar-refractivity contribution >= 4 is 39.1 Å². The Balaban J connectivity index is 1.46. The van der Waals surface area contributed by atoms with Crippen LogP contribution in [0.15, 0.2) is 54.6 Å². The summed E-state index contributed by atoms with van der Waals surface area (Å²) in [6.07, 6.45) is 0. The number of ether oxygens (including phenoxy) is 3. The van der Waals surface area contributed by atoms with Crippen molar-refractivity contribution in [2.75, 3.05) is 26.1 Å². The number of carbonyl (C=O) groups is 2. The maximum Gasteiger partial charge on any atom is 0.348 e. The summed E-state index contributed by atoms with van der Waals surface area (Å²) in [6.45, 7) is 1.45. The van der Waals surface area contributed by atoms with Gasteiger partial charge in [-0.3, -0.25) is 4.79 Å². The topological polar surface area (TPSA) is 91.7 Å². The number of aryl methyl sites for hydroxylation is 1. The monoisotopic (exact) mass is 451 g/mol. The molecule has 4 aromatic rings. The first-order valence-corrected chi connectivity index (χ1v) is 10.6. The van der Waals surface area contributed by atoms with E-state index in [1.54, 1.807) is 28.9 Å². The van der Waals surface area contributed by atoms with Gasteiger partial charge in [-0.05, 0) is 37.3 Å². The van der Waals surface area contributed by atoms with Gasteiger partial charge in [-0.1, -0.05) is 18.2 Å². The zero-order chi connectivity index (χ0) is 22.7. The van der Waals surface area contributed by atoms with Crippen LogP contribution in [-0.4, -0.2) is 42.5 Å². The number of esters is 1. The number of methoxy groups -OCH3 is 2. The number of anilines is 1. The Bertz CT molecular complexity index is 1280. The second-order valence-corrected chi connectivity index (χ2v) is 7.88. The van der Waals surface area contributed by atoms with Crippen molar-refractivity contribution in [3.8, 4) is 17.2 Å². The molecular formula is C23H21N3O5S. The van der Waals surface area contributed by atoms with Gasteiger partial charge in [0.1, 0.15) is 21.2 Å². The first-order chi connectivity index (χ1) is 15.5. The molecule has 0 spiro atoms. The molecule has 0 unspecified atom stereocenters. The van der Waals surface area contributed by atoms with Crippen LogP contribution < -0.4 is 14.8 Å². The molecule has 0 radical (unpaired) electrons. The fourth-order valence-corrected chi connectivity index (χ4v) is 4.27. The summed E-state index contributed by atoms with van der Waals surface area (Å²) in [5.41, 5.74) is 2.13. The Morgan fingerprint density at radius 3 is 2.56 bits per heavy atom. The second-order valence-electron chi connectivity index (χ2n) is 6.85. The van der Waals surface area contributed by atoms with Gasteiger partial charge in [0.25, 0.3) is 5.91 Å². The highest BCUT2D eigenvalue weighted by molar-refractivity contribution is 7.20. The molecule has 0 aliphatic rings. The van der Waals surface area contributed by atoms with Crippen LogP contribution in [-0.2, 0) is 9.53 Å². The summed E-state index contributed by atoms with van der Waals surface area (Å²) in [4.78, 5) is 26.2. The van der Waals surface area contributed by atoms with Gasteiger partial charge in [0.15, 0.2) is 6.61 Å². The molecule has 0 saturated carbocycles. The van der Waals surface area contributed by atoms with Crippen molar-refractivity contribution in [1.82, 2.24) is 9.78 Å². The zero-order valence-corrected chi connectivity index (χ0v) is 18.6. The first-order valence-electron chi connectivity index (χ1n) is 9.73. The minimum Gasteiger partial charge on any atom is -0.497 e. The van der Waals surface area contributed by atoms with E-state index >= 15 is 0 Å². The number of hydrogen-bond donors (Lipinski definition) is 1. The lowest BCUT2D eigenvalue weighted by molar-refractivity contribution is -0.119. The molecular weight excluding hydrogens is 430 g/mol. The zero-order valence-electron chi connectivity index (χ0n) is 17.7. The molecule has 1 N–H and O–H groups in total. The van der Waals surface area contributed by atoms with E-state index in [1.807, 2.05) is 37.3 Å². The van der Waals surface area contributed by atoms with E-state index in [0.29, 0.717) is 22.1 Å². The van der Waals surface area contributed by atoms with E-state index in [1.165, 1.54) is 25.6 Å². The average molecular weight is 452 g/mol. The van der Waals surface area contributed by atoms with Crippen molar-refractivity contribution in [2.24, 2.45) is 0 Å². The van der Waals surface area contributed by atoms with Gasteiger partial charge in [-0.2, -0.15) is 5.10 Å². The van der Waals surface area contributed by atoms with Gasteiger partial charge in [0.2, 0.25) is 0 Å². The van der Waals surface area contributed by atoms with Crippen molar-refractivity contribution in [2.45, 2.75) is 6.92 Å². The summed E-state index contributed by atoms with van der Waals surface area (Å²) in [5.74, 6) is -0.0299. The quantitative estimate of drug-likeness (QED) is 0.423. The highest BCUT2D eigenvalue weighted by Crippen LogP contribution is 2.31. The van der Waals surface area contributed by atoms with Crippen LogP contribution in [0.1, 0.15) is 15.4 Å². The van der Waals surface area contributed by atoms with Crippen LogP contribution in [0.4, 0.5) is 5.69 Å². The Kier molecular flexibility index (Phi) is 6.09. The van der Waals surface area contributed by atoms with Crippen molar-refractivity contribution in [1.29, 1.82) is 0 Å². The Labute approximate surface area is 188 Å². The first kappa shape index (κ1) is 21.4. The number of fused-ring (bicyclic) bond motifs is 1. The van der Waals surface area contributed by atoms with Gasteiger partial charge < -0.3 is 19.5 Å². The van der Waals surface area contributed by atoms with E-state index in [-0.39, 0.29) is 0 Å². The fourth-order valence-electron chi connectivity index (χ4n) is 3.19. The number of aromatic nitrogens is 2. The van der Waals surface area contributed by atoms with Gasteiger partial charge in [0, 0.05) is 11.5 Å². The highest BCUT2D eigenvalue weighted by Gasteiger charge is 2.19. The third-order valence-corrected chi connectivity index (χ3v) is 5.85. The van der Waals surface area contributed by atoms with E-state index in [9.17, 15) is 9.59 Å². The summed E-state index contributed by atoms with van der Waals surface area (Å²) in [7, 11) is 3.02. The van der Waals surface area contributed by atoms with Crippen LogP contribution in [0.3, 0.4) is 0 Å². The third kappa shape index (κ3) is 4.28. The van der Waals surface area contributed by atoms with Crippen LogP contribution >= 0.6 is 11.3 Å². The molecule has 0 aliphatic heterocycles. The predicted molar refractivity (Wildman–Crippen MR) is 122 cm³/mol. The molecule has 2 heterocycles. The molecule has 2 aromatic carbocycles. The van der Waals surface area contributed by atoms with Crippen molar-refractivity contribution in [3.05, 3.63) is 65.2 Å². The normalized spacial score (nSPS) is 10.7. The third-order valence-electron chi connectivity index (χ3n) is 4.76. The van der Waals surface area contributed by atoms with E-state index in [0.717, 1.165) is 21.6 Å². The molecule has 8 nitrogen and oxygen atoms in total. The van der Waals surface area contributed by atoms with Crippen molar-refractivity contribution in [3.63, 3.8) is 0 Å². The van der Waals surface area contributed by atoms with Crippen molar-refractivity contribution < 1.29 is 23.8 Å². The van der Waals surface area contributed by atoms with Crippen LogP contribution in [0.2, 0.25) is 0 Å². The van der Waals surface area contributed by atoms with Crippen LogP contribution in [0.5, 0.6) is 11.5 Å². The lowest BCUT2D eigenvalue weighted by Gasteiger charge is -2.11. The molecule has 0 bridgehead atoms. The summed E-state index contributed by atoms with van der Waals surface area (Å²) in [6, 6.07) is 16.4. The molecule has 1 amide bonds. The summed E-state index contributed by atoms with van der Waals surface area (Å²) in [5, 5.41) is 8.10. The SMILES string of the molecule is COc1ccc(OC)c(NC(=O)COC(=O)c2cc3c(C)nn(-c4ccccc4)c3s2)c1. The fraction of sp³-hybridized carbons (Fsp3) is 0.174. The van der Waals surface area contributed by atoms with E-state index in [4.69, 9.17) is 14.2 Å². The van der Waals surface area contributed by atoms with Gasteiger partial charge in [-0.15, -0.1) is 11.3 Å². The minimum atomic E-state index is -0.571. The number of carbonyl (C=O) groups excluding carboxylic acids is 2. The number of nitrogens with zero attached hydrogens (tertiary/aromatic N) is 2.